The van der Waals surface area contributed by atoms with Gasteiger partial charge in [0.15, 0.2) is 9.84 Å². The molecule has 0 saturated carbocycles. The summed E-state index contributed by atoms with van der Waals surface area (Å²) in [5, 5.41) is 4.30. The van der Waals surface area contributed by atoms with Crippen LogP contribution in [0.25, 0.3) is 10.8 Å². The molecule has 3 nitrogen and oxygen atoms in total. The summed E-state index contributed by atoms with van der Waals surface area (Å²) >= 11 is 0. The molecule has 0 radical (unpaired) electrons. The molecular formula is C16H20FNO2S. The molecule has 114 valence electrons. The van der Waals surface area contributed by atoms with Crippen LogP contribution in [-0.2, 0) is 9.84 Å². The molecular weight excluding hydrogens is 289 g/mol. The molecule has 0 heterocycles. The molecule has 5 heteroatoms. The number of hydrogen-bond acceptors (Lipinski definition) is 3. The van der Waals surface area contributed by atoms with E-state index in [1.54, 1.807) is 39.1 Å². The Morgan fingerprint density at radius 3 is 2.19 bits per heavy atom. The van der Waals surface area contributed by atoms with Gasteiger partial charge in [-0.2, -0.15) is 0 Å². The minimum absolute atomic E-state index is 0.304. The molecule has 0 saturated heterocycles. The summed E-state index contributed by atoms with van der Waals surface area (Å²) in [7, 11) is -1.58. The lowest BCUT2D eigenvalue weighted by molar-refractivity contribution is 0.448. The summed E-state index contributed by atoms with van der Waals surface area (Å²) < 4.78 is 37.1. The Morgan fingerprint density at radius 2 is 1.67 bits per heavy atom. The maximum Gasteiger partial charge on any atom is 0.154 e. The molecule has 2 aromatic rings. The van der Waals surface area contributed by atoms with Crippen molar-refractivity contribution >= 4 is 20.6 Å². The maximum atomic E-state index is 13.9. The first-order chi connectivity index (χ1) is 9.70. The highest BCUT2D eigenvalue weighted by atomic mass is 32.2. The Kier molecular flexibility index (Phi) is 4.08. The van der Waals surface area contributed by atoms with Gasteiger partial charge in [0.25, 0.3) is 0 Å². The molecule has 0 aromatic heterocycles. The van der Waals surface area contributed by atoms with E-state index in [1.165, 1.54) is 12.3 Å². The van der Waals surface area contributed by atoms with Crippen molar-refractivity contribution in [3.8, 4) is 0 Å². The van der Waals surface area contributed by atoms with Crippen molar-refractivity contribution < 1.29 is 12.8 Å². The standard InChI is InChI=1S/C16H20FNO2S/c1-16(2,21(4,19)20)15(18-3)13-9-10-14(17)12-8-6-5-7-11(12)13/h5-10,15,18H,1-4H3. The Balaban J connectivity index is 2.73. The van der Waals surface area contributed by atoms with Crippen molar-refractivity contribution in [2.75, 3.05) is 13.3 Å². The van der Waals surface area contributed by atoms with Crippen molar-refractivity contribution in [3.63, 3.8) is 0 Å². The fraction of sp³-hybridized carbons (Fsp3) is 0.375. The molecule has 0 spiro atoms. The second-order valence-electron chi connectivity index (χ2n) is 5.78. The third kappa shape index (κ3) is 2.68. The largest absolute Gasteiger partial charge is 0.312 e. The predicted molar refractivity (Wildman–Crippen MR) is 84.6 cm³/mol. The van der Waals surface area contributed by atoms with Gasteiger partial charge in [0.1, 0.15) is 5.82 Å². The van der Waals surface area contributed by atoms with Crippen LogP contribution in [0.5, 0.6) is 0 Å². The molecule has 0 fully saturated rings. The smallest absolute Gasteiger partial charge is 0.154 e. The van der Waals surface area contributed by atoms with E-state index < -0.39 is 20.6 Å². The summed E-state index contributed by atoms with van der Waals surface area (Å²) in [6, 6.07) is 9.73. The number of fused-ring (bicyclic) bond motifs is 1. The first-order valence-electron chi connectivity index (χ1n) is 6.74. The molecule has 0 bridgehead atoms. The van der Waals surface area contributed by atoms with E-state index in [4.69, 9.17) is 0 Å². The van der Waals surface area contributed by atoms with Crippen LogP contribution in [0.4, 0.5) is 4.39 Å². The van der Waals surface area contributed by atoms with Crippen molar-refractivity contribution in [1.29, 1.82) is 0 Å². The van der Waals surface area contributed by atoms with Crippen molar-refractivity contribution in [2.45, 2.75) is 24.6 Å². The number of rotatable bonds is 4. The Bertz CT molecular complexity index is 769. The molecule has 2 aromatic carbocycles. The number of sulfone groups is 1. The average molecular weight is 309 g/mol. The lowest BCUT2D eigenvalue weighted by atomic mass is 9.91. The molecule has 2 rings (SSSR count). The summed E-state index contributed by atoms with van der Waals surface area (Å²) in [5.74, 6) is -0.304. The van der Waals surface area contributed by atoms with E-state index in [-0.39, 0.29) is 5.82 Å². The molecule has 21 heavy (non-hydrogen) atoms. The third-order valence-corrected chi connectivity index (χ3v) is 6.30. The van der Waals surface area contributed by atoms with Crippen LogP contribution in [-0.4, -0.2) is 26.5 Å². The monoisotopic (exact) mass is 309 g/mol. The number of benzene rings is 2. The molecule has 1 atom stereocenters. The topological polar surface area (TPSA) is 46.2 Å². The van der Waals surface area contributed by atoms with Gasteiger partial charge in [-0.25, -0.2) is 12.8 Å². The van der Waals surface area contributed by atoms with Gasteiger partial charge < -0.3 is 5.32 Å². The fourth-order valence-corrected chi connectivity index (χ4v) is 3.30. The van der Waals surface area contributed by atoms with E-state index in [0.29, 0.717) is 5.39 Å². The number of nitrogens with one attached hydrogen (secondary N) is 1. The third-order valence-electron chi connectivity index (χ3n) is 4.16. The first kappa shape index (κ1) is 15.9. The molecule has 0 aliphatic rings. The molecule has 1 unspecified atom stereocenters. The van der Waals surface area contributed by atoms with E-state index in [0.717, 1.165) is 10.9 Å². The second kappa shape index (κ2) is 5.39. The van der Waals surface area contributed by atoms with Crippen molar-refractivity contribution in [2.24, 2.45) is 0 Å². The molecule has 0 aliphatic carbocycles. The quantitative estimate of drug-likeness (QED) is 0.944. The minimum Gasteiger partial charge on any atom is -0.312 e. The molecule has 1 N–H and O–H groups in total. The fourth-order valence-electron chi connectivity index (χ4n) is 2.63. The minimum atomic E-state index is -3.30. The maximum absolute atomic E-state index is 13.9. The molecule has 0 aliphatic heterocycles. The summed E-state index contributed by atoms with van der Waals surface area (Å²) in [6.45, 7) is 3.36. The zero-order chi connectivity index (χ0) is 15.8. The zero-order valence-electron chi connectivity index (χ0n) is 12.6. The van der Waals surface area contributed by atoms with Crippen molar-refractivity contribution in [1.82, 2.24) is 5.32 Å². The second-order valence-corrected chi connectivity index (χ2v) is 8.38. The van der Waals surface area contributed by atoms with E-state index in [9.17, 15) is 12.8 Å². The van der Waals surface area contributed by atoms with Crippen LogP contribution in [0.15, 0.2) is 36.4 Å². The highest BCUT2D eigenvalue weighted by molar-refractivity contribution is 7.92. The van der Waals surface area contributed by atoms with E-state index in [1.807, 2.05) is 12.1 Å². The van der Waals surface area contributed by atoms with Crippen LogP contribution in [0.2, 0.25) is 0 Å². The predicted octanol–water partition coefficient (Wildman–Crippen LogP) is 3.06. The Labute approximate surface area is 125 Å². The van der Waals surface area contributed by atoms with Crippen LogP contribution in [0, 0.1) is 5.82 Å². The van der Waals surface area contributed by atoms with E-state index in [2.05, 4.69) is 5.32 Å². The average Bonchev–Trinajstić information content (AvgIpc) is 2.41. The molecule has 0 amide bonds. The van der Waals surface area contributed by atoms with Gasteiger partial charge in [-0.05, 0) is 37.9 Å². The highest BCUT2D eigenvalue weighted by Gasteiger charge is 2.39. The summed E-state index contributed by atoms with van der Waals surface area (Å²) in [5.41, 5.74) is 0.782. The van der Waals surface area contributed by atoms with E-state index >= 15 is 0 Å². The highest BCUT2D eigenvalue weighted by Crippen LogP contribution is 2.36. The lowest BCUT2D eigenvalue weighted by Gasteiger charge is -2.33. The Hall–Kier alpha value is -1.46. The van der Waals surface area contributed by atoms with Gasteiger partial charge in [0.2, 0.25) is 0 Å². The lowest BCUT2D eigenvalue weighted by Crippen LogP contribution is -2.43. The van der Waals surface area contributed by atoms with Crippen LogP contribution >= 0.6 is 0 Å². The SMILES string of the molecule is CNC(c1ccc(F)c2ccccc12)C(C)(C)S(C)(=O)=O. The van der Waals surface area contributed by atoms with Gasteiger partial charge in [0.05, 0.1) is 10.8 Å². The van der Waals surface area contributed by atoms with Gasteiger partial charge in [-0.1, -0.05) is 30.3 Å². The Morgan fingerprint density at radius 1 is 1.10 bits per heavy atom. The first-order valence-corrected chi connectivity index (χ1v) is 8.63. The van der Waals surface area contributed by atoms with Crippen LogP contribution in [0.3, 0.4) is 0 Å². The van der Waals surface area contributed by atoms with Crippen molar-refractivity contribution in [3.05, 3.63) is 47.8 Å². The van der Waals surface area contributed by atoms with Crippen LogP contribution in [0.1, 0.15) is 25.5 Å². The number of halogens is 1. The summed E-state index contributed by atoms with van der Waals surface area (Å²) in [4.78, 5) is 0. The van der Waals surface area contributed by atoms with Gasteiger partial charge in [-0.3, -0.25) is 0 Å². The normalized spacial score (nSPS) is 14.3. The van der Waals surface area contributed by atoms with Gasteiger partial charge >= 0.3 is 0 Å². The van der Waals surface area contributed by atoms with Gasteiger partial charge in [-0.15, -0.1) is 0 Å². The summed E-state index contributed by atoms with van der Waals surface area (Å²) in [6.07, 6.45) is 1.23. The number of hydrogen-bond donors (Lipinski definition) is 1. The zero-order valence-corrected chi connectivity index (χ0v) is 13.5. The van der Waals surface area contributed by atoms with Gasteiger partial charge in [0, 0.05) is 11.6 Å². The van der Waals surface area contributed by atoms with Crippen LogP contribution < -0.4 is 5.32 Å².